The number of rotatable bonds is 7. The van der Waals surface area contributed by atoms with Crippen molar-refractivity contribution in [3.8, 4) is 11.5 Å². The average molecular weight is 394 g/mol. The summed E-state index contributed by atoms with van der Waals surface area (Å²) in [5, 5.41) is 8.97. The van der Waals surface area contributed by atoms with Crippen LogP contribution < -0.4 is 9.47 Å². The molecule has 0 bridgehead atoms. The van der Waals surface area contributed by atoms with Crippen LogP contribution >= 0.6 is 0 Å². The third-order valence-electron chi connectivity index (χ3n) is 5.35. The van der Waals surface area contributed by atoms with E-state index in [2.05, 4.69) is 0 Å². The predicted octanol–water partition coefficient (Wildman–Crippen LogP) is 5.35. The van der Waals surface area contributed by atoms with Gasteiger partial charge in [0.1, 0.15) is 0 Å². The molecule has 0 radical (unpaired) electrons. The minimum absolute atomic E-state index is 0.0899. The maximum Gasteiger partial charge on any atom is 0.200 e. The minimum atomic E-state index is -1.07. The lowest BCUT2D eigenvalue weighted by Gasteiger charge is -2.29. The molecular formula is C22H25F3O3. The molecule has 2 aromatic rings. The minimum Gasteiger partial charge on any atom is -0.491 e. The first-order valence-electron chi connectivity index (χ1n) is 9.66. The zero-order valence-corrected chi connectivity index (χ0v) is 15.9. The van der Waals surface area contributed by atoms with Gasteiger partial charge in [0.25, 0.3) is 0 Å². The van der Waals surface area contributed by atoms with E-state index in [1.165, 1.54) is 12.1 Å². The zero-order valence-electron chi connectivity index (χ0n) is 15.9. The third kappa shape index (κ3) is 4.61. The summed E-state index contributed by atoms with van der Waals surface area (Å²) in [5.74, 6) is -1.82. The fraction of sp³-hybridized carbons (Fsp3) is 0.455. The van der Waals surface area contributed by atoms with Crippen LogP contribution in [0, 0.1) is 23.4 Å². The molecule has 1 aliphatic rings. The van der Waals surface area contributed by atoms with E-state index in [0.29, 0.717) is 13.2 Å². The summed E-state index contributed by atoms with van der Waals surface area (Å²) >= 11 is 0. The molecule has 0 unspecified atom stereocenters. The van der Waals surface area contributed by atoms with Crippen molar-refractivity contribution in [3.05, 3.63) is 58.9 Å². The summed E-state index contributed by atoms with van der Waals surface area (Å²) in [4.78, 5) is 0. The van der Waals surface area contributed by atoms with Crippen molar-refractivity contribution in [2.24, 2.45) is 5.92 Å². The van der Waals surface area contributed by atoms with Crippen LogP contribution in [0.25, 0.3) is 0 Å². The molecule has 0 aromatic heterocycles. The topological polar surface area (TPSA) is 38.7 Å². The summed E-state index contributed by atoms with van der Waals surface area (Å²) < 4.78 is 52.5. The molecule has 1 N–H and O–H groups in total. The lowest BCUT2D eigenvalue weighted by atomic mass is 9.79. The second kappa shape index (κ2) is 9.32. The van der Waals surface area contributed by atoms with Crippen LogP contribution in [0.4, 0.5) is 13.2 Å². The van der Waals surface area contributed by atoms with Gasteiger partial charge in [-0.3, -0.25) is 0 Å². The van der Waals surface area contributed by atoms with E-state index < -0.39 is 18.2 Å². The van der Waals surface area contributed by atoms with Crippen LogP contribution in [0.1, 0.15) is 49.7 Å². The summed E-state index contributed by atoms with van der Waals surface area (Å²) in [5.41, 5.74) is 0.876. The fourth-order valence-electron chi connectivity index (χ4n) is 3.72. The van der Waals surface area contributed by atoms with Gasteiger partial charge in [0, 0.05) is 5.56 Å². The highest BCUT2D eigenvalue weighted by Crippen LogP contribution is 2.37. The predicted molar refractivity (Wildman–Crippen MR) is 100 cm³/mol. The fourth-order valence-corrected chi connectivity index (χ4v) is 3.72. The smallest absolute Gasteiger partial charge is 0.200 e. The van der Waals surface area contributed by atoms with E-state index in [1.54, 1.807) is 12.1 Å². The Morgan fingerprint density at radius 2 is 1.64 bits per heavy atom. The van der Waals surface area contributed by atoms with E-state index in [-0.39, 0.29) is 34.7 Å². The number of ether oxygens (including phenoxy) is 2. The number of hydrogen-bond donors (Lipinski definition) is 1. The summed E-state index contributed by atoms with van der Waals surface area (Å²) in [7, 11) is 0. The Morgan fingerprint density at radius 3 is 2.29 bits per heavy atom. The Bertz CT molecular complexity index is 802. The highest BCUT2D eigenvalue weighted by Gasteiger charge is 2.24. The van der Waals surface area contributed by atoms with Crippen LogP contribution in [-0.4, -0.2) is 18.3 Å². The van der Waals surface area contributed by atoms with Crippen molar-refractivity contribution in [2.75, 3.05) is 13.2 Å². The Hall–Kier alpha value is -2.21. The molecule has 0 aliphatic heterocycles. The molecule has 0 spiro atoms. The van der Waals surface area contributed by atoms with Gasteiger partial charge in [-0.25, -0.2) is 8.78 Å². The molecule has 1 aliphatic carbocycles. The zero-order chi connectivity index (χ0) is 20.1. The van der Waals surface area contributed by atoms with Crippen molar-refractivity contribution in [2.45, 2.75) is 45.1 Å². The van der Waals surface area contributed by atoms with Gasteiger partial charge in [0.15, 0.2) is 23.1 Å². The molecule has 3 nitrogen and oxygen atoms in total. The van der Waals surface area contributed by atoms with Crippen molar-refractivity contribution < 1.29 is 27.8 Å². The number of aliphatic hydroxyl groups excluding tert-OH is 1. The molecule has 152 valence electrons. The summed E-state index contributed by atoms with van der Waals surface area (Å²) in [6.07, 6.45) is 3.53. The SMILES string of the molecule is CCOc1ccc(C2CCC(COc3ccc(CO)c(F)c3F)CC2)cc1F. The second-order valence-electron chi connectivity index (χ2n) is 7.16. The van der Waals surface area contributed by atoms with Gasteiger partial charge in [-0.05, 0) is 74.3 Å². The molecule has 0 saturated heterocycles. The molecule has 1 saturated carbocycles. The quantitative estimate of drug-likeness (QED) is 0.688. The van der Waals surface area contributed by atoms with Crippen LogP contribution in [0.2, 0.25) is 0 Å². The molecule has 28 heavy (non-hydrogen) atoms. The molecule has 3 rings (SSSR count). The first-order chi connectivity index (χ1) is 13.5. The van der Waals surface area contributed by atoms with Crippen molar-refractivity contribution in [3.63, 3.8) is 0 Å². The van der Waals surface area contributed by atoms with Crippen LogP contribution in [0.3, 0.4) is 0 Å². The van der Waals surface area contributed by atoms with Crippen molar-refractivity contribution >= 4 is 0 Å². The lowest BCUT2D eigenvalue weighted by molar-refractivity contribution is 0.192. The van der Waals surface area contributed by atoms with Crippen molar-refractivity contribution in [1.82, 2.24) is 0 Å². The largest absolute Gasteiger partial charge is 0.491 e. The van der Waals surface area contributed by atoms with E-state index in [9.17, 15) is 13.2 Å². The van der Waals surface area contributed by atoms with Crippen LogP contribution in [-0.2, 0) is 6.61 Å². The van der Waals surface area contributed by atoms with Gasteiger partial charge in [-0.2, -0.15) is 4.39 Å². The molecule has 6 heteroatoms. The Morgan fingerprint density at radius 1 is 0.929 bits per heavy atom. The molecular weight excluding hydrogens is 369 g/mol. The Kier molecular flexibility index (Phi) is 6.83. The van der Waals surface area contributed by atoms with Gasteiger partial charge in [-0.1, -0.05) is 6.07 Å². The number of hydrogen-bond acceptors (Lipinski definition) is 3. The Labute approximate surface area is 163 Å². The highest BCUT2D eigenvalue weighted by atomic mass is 19.2. The standard InChI is InChI=1S/C22H25F3O3/c1-2-27-19-9-7-16(11-18(19)23)15-5-3-14(4-6-15)13-28-20-10-8-17(12-26)21(24)22(20)25/h7-11,14-15,26H,2-6,12-13H2,1H3. The Balaban J connectivity index is 1.53. The normalized spacial score (nSPS) is 19.5. The van der Waals surface area contributed by atoms with E-state index in [4.69, 9.17) is 14.6 Å². The van der Waals surface area contributed by atoms with E-state index in [0.717, 1.165) is 31.2 Å². The first kappa shape index (κ1) is 20.5. The van der Waals surface area contributed by atoms with Gasteiger partial charge in [0.2, 0.25) is 5.82 Å². The molecule has 0 heterocycles. The van der Waals surface area contributed by atoms with Gasteiger partial charge in [-0.15, -0.1) is 0 Å². The molecule has 0 atom stereocenters. The average Bonchev–Trinajstić information content (AvgIpc) is 2.71. The third-order valence-corrected chi connectivity index (χ3v) is 5.35. The van der Waals surface area contributed by atoms with E-state index >= 15 is 0 Å². The summed E-state index contributed by atoms with van der Waals surface area (Å²) in [6.45, 7) is 1.99. The lowest BCUT2D eigenvalue weighted by Crippen LogP contribution is -2.20. The highest BCUT2D eigenvalue weighted by molar-refractivity contribution is 5.32. The van der Waals surface area contributed by atoms with Crippen LogP contribution in [0.5, 0.6) is 11.5 Å². The second-order valence-corrected chi connectivity index (χ2v) is 7.16. The van der Waals surface area contributed by atoms with Gasteiger partial charge in [0.05, 0.1) is 19.8 Å². The van der Waals surface area contributed by atoms with Gasteiger partial charge >= 0.3 is 0 Å². The summed E-state index contributed by atoms with van der Waals surface area (Å²) in [6, 6.07) is 7.81. The first-order valence-corrected chi connectivity index (χ1v) is 9.66. The van der Waals surface area contributed by atoms with Crippen molar-refractivity contribution in [1.29, 1.82) is 0 Å². The number of halogens is 3. The van der Waals surface area contributed by atoms with E-state index in [1.807, 2.05) is 13.0 Å². The van der Waals surface area contributed by atoms with Gasteiger partial charge < -0.3 is 14.6 Å². The maximum absolute atomic E-state index is 14.1. The monoisotopic (exact) mass is 394 g/mol. The molecule has 2 aromatic carbocycles. The number of benzene rings is 2. The molecule has 1 fully saturated rings. The number of aliphatic hydroxyl groups is 1. The molecule has 0 amide bonds. The maximum atomic E-state index is 14.1. The van der Waals surface area contributed by atoms with Crippen LogP contribution in [0.15, 0.2) is 30.3 Å².